The van der Waals surface area contributed by atoms with Crippen LogP contribution in [0, 0.1) is 0 Å². The highest BCUT2D eigenvalue weighted by atomic mass is 16.3. The summed E-state index contributed by atoms with van der Waals surface area (Å²) in [5.74, 6) is 0. The predicted molar refractivity (Wildman–Crippen MR) is 47.5 cm³/mol. The molecule has 0 saturated heterocycles. The predicted octanol–water partition coefficient (Wildman–Crippen LogP) is 0.0379. The van der Waals surface area contributed by atoms with Crippen molar-refractivity contribution in [1.82, 2.24) is 4.90 Å². The summed E-state index contributed by atoms with van der Waals surface area (Å²) < 4.78 is 0. The molecular weight excluding hydrogens is 140 g/mol. The standard InChI is InChI=1S/C8H20N2O/c1-8(11)7-10(2)6-4-3-5-9/h8,11H,3-7,9H2,1-2H3. The van der Waals surface area contributed by atoms with Crippen molar-refractivity contribution < 1.29 is 5.11 Å². The molecule has 3 nitrogen and oxygen atoms in total. The molecular formula is C8H20N2O. The zero-order valence-electron chi connectivity index (χ0n) is 7.58. The molecule has 1 unspecified atom stereocenters. The maximum Gasteiger partial charge on any atom is 0.0638 e. The van der Waals surface area contributed by atoms with E-state index >= 15 is 0 Å². The first kappa shape index (κ1) is 10.9. The van der Waals surface area contributed by atoms with Gasteiger partial charge in [0, 0.05) is 6.54 Å². The van der Waals surface area contributed by atoms with Crippen LogP contribution >= 0.6 is 0 Å². The third-order valence-corrected chi connectivity index (χ3v) is 1.57. The fourth-order valence-corrected chi connectivity index (χ4v) is 1.07. The lowest BCUT2D eigenvalue weighted by atomic mass is 10.3. The summed E-state index contributed by atoms with van der Waals surface area (Å²) in [6, 6.07) is 0. The molecule has 0 amide bonds. The van der Waals surface area contributed by atoms with E-state index in [0.29, 0.717) is 0 Å². The topological polar surface area (TPSA) is 49.5 Å². The Morgan fingerprint density at radius 1 is 1.45 bits per heavy atom. The molecule has 0 rings (SSSR count). The molecule has 11 heavy (non-hydrogen) atoms. The molecule has 3 heteroatoms. The monoisotopic (exact) mass is 160 g/mol. The third kappa shape index (κ3) is 7.78. The average Bonchev–Trinajstić information content (AvgIpc) is 1.86. The number of nitrogens with zero attached hydrogens (tertiary/aromatic N) is 1. The molecule has 0 aromatic rings. The normalized spacial score (nSPS) is 13.9. The molecule has 0 saturated carbocycles. The summed E-state index contributed by atoms with van der Waals surface area (Å²) in [6.45, 7) is 4.36. The molecule has 0 fully saturated rings. The summed E-state index contributed by atoms with van der Waals surface area (Å²) in [6.07, 6.45) is 1.97. The Kier molecular flexibility index (Phi) is 6.51. The van der Waals surface area contributed by atoms with Gasteiger partial charge < -0.3 is 15.7 Å². The number of likely N-dealkylation sites (N-methyl/N-ethyl adjacent to an activating group) is 1. The second-order valence-electron chi connectivity index (χ2n) is 3.11. The van der Waals surface area contributed by atoms with Crippen LogP contribution in [0.3, 0.4) is 0 Å². The summed E-state index contributed by atoms with van der Waals surface area (Å²) >= 11 is 0. The van der Waals surface area contributed by atoms with Crippen LogP contribution in [0.2, 0.25) is 0 Å². The highest BCUT2D eigenvalue weighted by molar-refractivity contribution is 4.56. The van der Waals surface area contributed by atoms with Crippen molar-refractivity contribution >= 4 is 0 Å². The molecule has 0 spiro atoms. The van der Waals surface area contributed by atoms with Crippen LogP contribution in [0.5, 0.6) is 0 Å². The number of hydrogen-bond donors (Lipinski definition) is 2. The van der Waals surface area contributed by atoms with E-state index in [2.05, 4.69) is 4.90 Å². The van der Waals surface area contributed by atoms with Gasteiger partial charge in [-0.3, -0.25) is 0 Å². The Hall–Kier alpha value is -0.120. The van der Waals surface area contributed by atoms with E-state index in [1.807, 2.05) is 7.05 Å². The minimum atomic E-state index is -0.224. The van der Waals surface area contributed by atoms with Crippen LogP contribution in [-0.2, 0) is 0 Å². The van der Waals surface area contributed by atoms with E-state index in [1.54, 1.807) is 6.92 Å². The Labute approximate surface area is 69.2 Å². The molecule has 3 N–H and O–H groups in total. The highest BCUT2D eigenvalue weighted by Gasteiger charge is 2.00. The molecule has 0 aromatic carbocycles. The van der Waals surface area contributed by atoms with Gasteiger partial charge in [0.25, 0.3) is 0 Å². The molecule has 0 aromatic heterocycles. The van der Waals surface area contributed by atoms with Gasteiger partial charge >= 0.3 is 0 Å². The van der Waals surface area contributed by atoms with Crippen molar-refractivity contribution in [2.45, 2.75) is 25.9 Å². The van der Waals surface area contributed by atoms with E-state index < -0.39 is 0 Å². The fourth-order valence-electron chi connectivity index (χ4n) is 1.07. The minimum absolute atomic E-state index is 0.224. The van der Waals surface area contributed by atoms with Gasteiger partial charge in [-0.25, -0.2) is 0 Å². The van der Waals surface area contributed by atoms with Crippen LogP contribution in [-0.4, -0.2) is 42.8 Å². The fraction of sp³-hybridized carbons (Fsp3) is 1.00. The van der Waals surface area contributed by atoms with Crippen molar-refractivity contribution in [2.75, 3.05) is 26.7 Å². The summed E-state index contributed by atoms with van der Waals surface area (Å²) in [4.78, 5) is 2.13. The Balaban J connectivity index is 3.15. The maximum absolute atomic E-state index is 9.01. The Bertz CT molecular complexity index is 86.2. The molecule has 0 heterocycles. The van der Waals surface area contributed by atoms with Crippen molar-refractivity contribution in [3.63, 3.8) is 0 Å². The van der Waals surface area contributed by atoms with Crippen LogP contribution in [0.4, 0.5) is 0 Å². The van der Waals surface area contributed by atoms with Gasteiger partial charge in [-0.05, 0) is 39.9 Å². The number of hydrogen-bond acceptors (Lipinski definition) is 3. The third-order valence-electron chi connectivity index (χ3n) is 1.57. The van der Waals surface area contributed by atoms with E-state index in [4.69, 9.17) is 10.8 Å². The SMILES string of the molecule is CC(O)CN(C)CCCCN. The molecule has 0 aliphatic carbocycles. The first-order chi connectivity index (χ1) is 5.16. The van der Waals surface area contributed by atoms with Crippen molar-refractivity contribution in [2.24, 2.45) is 5.73 Å². The molecule has 0 bridgehead atoms. The number of nitrogens with two attached hydrogens (primary N) is 1. The van der Waals surface area contributed by atoms with Crippen LogP contribution in [0.1, 0.15) is 19.8 Å². The number of aliphatic hydroxyl groups excluding tert-OH is 1. The van der Waals surface area contributed by atoms with Gasteiger partial charge in [-0.15, -0.1) is 0 Å². The second kappa shape index (κ2) is 6.58. The molecule has 0 radical (unpaired) electrons. The highest BCUT2D eigenvalue weighted by Crippen LogP contribution is 1.92. The lowest BCUT2D eigenvalue weighted by Gasteiger charge is -2.17. The molecule has 68 valence electrons. The van der Waals surface area contributed by atoms with Crippen molar-refractivity contribution in [3.8, 4) is 0 Å². The Morgan fingerprint density at radius 2 is 2.09 bits per heavy atom. The van der Waals surface area contributed by atoms with Gasteiger partial charge in [-0.2, -0.15) is 0 Å². The zero-order valence-corrected chi connectivity index (χ0v) is 7.58. The summed E-state index contributed by atoms with van der Waals surface area (Å²) in [7, 11) is 2.02. The molecule has 1 atom stereocenters. The lowest BCUT2D eigenvalue weighted by Crippen LogP contribution is -2.28. The smallest absolute Gasteiger partial charge is 0.0638 e. The van der Waals surface area contributed by atoms with Crippen molar-refractivity contribution in [1.29, 1.82) is 0 Å². The summed E-state index contributed by atoms with van der Waals surface area (Å²) in [5.41, 5.74) is 5.35. The van der Waals surface area contributed by atoms with Gasteiger partial charge in [0.05, 0.1) is 6.10 Å². The first-order valence-corrected chi connectivity index (χ1v) is 4.23. The average molecular weight is 160 g/mol. The Morgan fingerprint density at radius 3 is 2.55 bits per heavy atom. The van der Waals surface area contributed by atoms with E-state index in [1.165, 1.54) is 0 Å². The van der Waals surface area contributed by atoms with E-state index in [0.717, 1.165) is 32.5 Å². The molecule has 0 aliphatic heterocycles. The lowest BCUT2D eigenvalue weighted by molar-refractivity contribution is 0.140. The van der Waals surface area contributed by atoms with Gasteiger partial charge in [0.15, 0.2) is 0 Å². The number of unbranched alkanes of at least 4 members (excludes halogenated alkanes) is 1. The quantitative estimate of drug-likeness (QED) is 0.539. The minimum Gasteiger partial charge on any atom is -0.392 e. The first-order valence-electron chi connectivity index (χ1n) is 4.23. The summed E-state index contributed by atoms with van der Waals surface area (Å²) in [5, 5.41) is 9.01. The van der Waals surface area contributed by atoms with Gasteiger partial charge in [0.1, 0.15) is 0 Å². The van der Waals surface area contributed by atoms with Gasteiger partial charge in [0.2, 0.25) is 0 Å². The molecule has 0 aliphatic rings. The number of aliphatic hydroxyl groups is 1. The van der Waals surface area contributed by atoms with Crippen LogP contribution in [0.25, 0.3) is 0 Å². The van der Waals surface area contributed by atoms with Crippen molar-refractivity contribution in [3.05, 3.63) is 0 Å². The van der Waals surface area contributed by atoms with Gasteiger partial charge in [-0.1, -0.05) is 0 Å². The largest absolute Gasteiger partial charge is 0.392 e. The number of rotatable bonds is 6. The van der Waals surface area contributed by atoms with E-state index in [9.17, 15) is 0 Å². The zero-order chi connectivity index (χ0) is 8.69. The second-order valence-corrected chi connectivity index (χ2v) is 3.11. The van der Waals surface area contributed by atoms with Crippen LogP contribution in [0.15, 0.2) is 0 Å². The maximum atomic E-state index is 9.01. The van der Waals surface area contributed by atoms with E-state index in [-0.39, 0.29) is 6.10 Å². The van der Waals surface area contributed by atoms with Crippen LogP contribution < -0.4 is 5.73 Å².